The molecule has 19 heavy (non-hydrogen) atoms. The van der Waals surface area contributed by atoms with Gasteiger partial charge in [0.25, 0.3) is 5.91 Å². The van der Waals surface area contributed by atoms with E-state index in [0.717, 1.165) is 3.57 Å². The summed E-state index contributed by atoms with van der Waals surface area (Å²) in [5, 5.41) is 0.587. The molecule has 1 saturated heterocycles. The van der Waals surface area contributed by atoms with E-state index >= 15 is 0 Å². The maximum atomic E-state index is 12.6. The van der Waals surface area contributed by atoms with Crippen molar-refractivity contribution in [2.24, 2.45) is 0 Å². The molecule has 2 rings (SSSR count). The Morgan fingerprint density at radius 3 is 2.84 bits per heavy atom. The molecule has 0 aromatic heterocycles. The lowest BCUT2D eigenvalue weighted by atomic mass is 10.0. The van der Waals surface area contributed by atoms with Crippen molar-refractivity contribution in [3.8, 4) is 0 Å². The first-order valence-electron chi connectivity index (χ1n) is 6.21. The Hall–Kier alpha value is -0.330. The number of carbonyl (C=O) groups is 1. The molecular formula is C14H17ClINO2. The summed E-state index contributed by atoms with van der Waals surface area (Å²) in [5.41, 5.74) is 0.357. The Bertz CT molecular complexity index is 504. The second-order valence-corrected chi connectivity index (χ2v) is 7.10. The summed E-state index contributed by atoms with van der Waals surface area (Å²) < 4.78 is 6.74. The molecule has 1 fully saturated rings. The van der Waals surface area contributed by atoms with Gasteiger partial charge in [0.1, 0.15) is 0 Å². The quantitative estimate of drug-likeness (QED) is 0.683. The fourth-order valence-corrected chi connectivity index (χ4v) is 3.18. The van der Waals surface area contributed by atoms with Crippen molar-refractivity contribution >= 4 is 40.1 Å². The van der Waals surface area contributed by atoms with E-state index in [0.29, 0.717) is 23.7 Å². The molecule has 0 N–H and O–H groups in total. The van der Waals surface area contributed by atoms with Gasteiger partial charge in [0.15, 0.2) is 0 Å². The molecule has 1 aliphatic rings. The summed E-state index contributed by atoms with van der Waals surface area (Å²) in [6.07, 6.45) is 0.0459. The summed E-state index contributed by atoms with van der Waals surface area (Å²) in [4.78, 5) is 14.5. The lowest BCUT2D eigenvalue weighted by Gasteiger charge is -2.41. The van der Waals surface area contributed by atoms with Crippen LogP contribution in [0.3, 0.4) is 0 Å². The number of amides is 1. The number of benzene rings is 1. The lowest BCUT2D eigenvalue weighted by Crippen LogP contribution is -2.53. The molecular weight excluding hydrogens is 377 g/mol. The second-order valence-electron chi connectivity index (χ2n) is 5.50. The lowest BCUT2D eigenvalue weighted by molar-refractivity contribution is -0.118. The van der Waals surface area contributed by atoms with Crippen LogP contribution in [0.2, 0.25) is 5.02 Å². The topological polar surface area (TPSA) is 29.5 Å². The molecule has 1 atom stereocenters. The molecule has 1 amide bonds. The van der Waals surface area contributed by atoms with Crippen LogP contribution in [0.15, 0.2) is 18.2 Å². The third kappa shape index (κ3) is 3.61. The summed E-state index contributed by atoms with van der Waals surface area (Å²) in [7, 11) is 0. The molecule has 5 heteroatoms. The van der Waals surface area contributed by atoms with Gasteiger partial charge in [-0.25, -0.2) is 0 Å². The van der Waals surface area contributed by atoms with Crippen LogP contribution in [-0.4, -0.2) is 35.6 Å². The SMILES string of the molecule is CC1CN(C(=O)c2cc(Cl)ccc2I)CC(C)(C)O1. The molecule has 3 nitrogen and oxygen atoms in total. The van der Waals surface area contributed by atoms with Gasteiger partial charge in [-0.1, -0.05) is 11.6 Å². The van der Waals surface area contributed by atoms with Crippen LogP contribution < -0.4 is 0 Å². The van der Waals surface area contributed by atoms with Crippen molar-refractivity contribution in [1.29, 1.82) is 0 Å². The van der Waals surface area contributed by atoms with Gasteiger partial charge in [0.2, 0.25) is 0 Å². The number of carbonyl (C=O) groups excluding carboxylic acids is 1. The van der Waals surface area contributed by atoms with Gasteiger partial charge in [-0.3, -0.25) is 4.79 Å². The summed E-state index contributed by atoms with van der Waals surface area (Å²) in [6.45, 7) is 7.21. The highest BCUT2D eigenvalue weighted by molar-refractivity contribution is 14.1. The molecule has 0 radical (unpaired) electrons. The molecule has 0 spiro atoms. The van der Waals surface area contributed by atoms with Crippen molar-refractivity contribution in [3.05, 3.63) is 32.4 Å². The van der Waals surface area contributed by atoms with E-state index in [9.17, 15) is 4.79 Å². The smallest absolute Gasteiger partial charge is 0.255 e. The van der Waals surface area contributed by atoms with Gasteiger partial charge in [0, 0.05) is 21.7 Å². The first-order chi connectivity index (χ1) is 8.78. The molecule has 1 heterocycles. The molecule has 0 bridgehead atoms. The Balaban J connectivity index is 2.26. The average Bonchev–Trinajstić information content (AvgIpc) is 2.29. The predicted molar refractivity (Wildman–Crippen MR) is 84.7 cm³/mol. The second kappa shape index (κ2) is 5.58. The van der Waals surface area contributed by atoms with Gasteiger partial charge in [-0.15, -0.1) is 0 Å². The molecule has 1 unspecified atom stereocenters. The first kappa shape index (κ1) is 15.1. The van der Waals surface area contributed by atoms with Crippen molar-refractivity contribution in [1.82, 2.24) is 4.90 Å². The summed E-state index contributed by atoms with van der Waals surface area (Å²) >= 11 is 8.15. The summed E-state index contributed by atoms with van der Waals surface area (Å²) in [5.74, 6) is 0.0233. The van der Waals surface area contributed by atoms with Crippen molar-refractivity contribution in [2.75, 3.05) is 13.1 Å². The normalized spacial score (nSPS) is 22.4. The molecule has 1 aromatic carbocycles. The van der Waals surface area contributed by atoms with E-state index in [1.165, 1.54) is 0 Å². The third-order valence-corrected chi connectivity index (χ3v) is 4.19. The standard InChI is InChI=1S/C14H17ClINO2/c1-9-7-17(8-14(2,3)19-9)13(18)11-6-10(15)4-5-12(11)16/h4-6,9H,7-8H2,1-3H3. The van der Waals surface area contributed by atoms with Crippen LogP contribution in [0.5, 0.6) is 0 Å². The van der Waals surface area contributed by atoms with E-state index in [1.54, 1.807) is 12.1 Å². The van der Waals surface area contributed by atoms with E-state index in [-0.39, 0.29) is 17.6 Å². The molecule has 0 saturated carbocycles. The van der Waals surface area contributed by atoms with Crippen LogP contribution >= 0.6 is 34.2 Å². The minimum Gasteiger partial charge on any atom is -0.369 e. The fraction of sp³-hybridized carbons (Fsp3) is 0.500. The average molecular weight is 394 g/mol. The van der Waals surface area contributed by atoms with Gasteiger partial charge in [-0.2, -0.15) is 0 Å². The third-order valence-electron chi connectivity index (χ3n) is 3.02. The van der Waals surface area contributed by atoms with Gasteiger partial charge >= 0.3 is 0 Å². The summed E-state index contributed by atoms with van der Waals surface area (Å²) in [6, 6.07) is 5.40. The van der Waals surface area contributed by atoms with Crippen LogP contribution in [0, 0.1) is 3.57 Å². The number of morpholine rings is 1. The first-order valence-corrected chi connectivity index (χ1v) is 7.66. The fourth-order valence-electron chi connectivity index (χ4n) is 2.44. The number of hydrogen-bond donors (Lipinski definition) is 0. The zero-order valence-corrected chi connectivity index (χ0v) is 14.2. The minimum atomic E-state index is -0.308. The van der Waals surface area contributed by atoms with Gasteiger partial charge in [0.05, 0.1) is 17.3 Å². The Morgan fingerprint density at radius 1 is 1.53 bits per heavy atom. The zero-order chi connectivity index (χ0) is 14.2. The van der Waals surface area contributed by atoms with Crippen molar-refractivity contribution < 1.29 is 9.53 Å². The maximum Gasteiger partial charge on any atom is 0.255 e. The molecule has 104 valence electrons. The Morgan fingerprint density at radius 2 is 2.21 bits per heavy atom. The van der Waals surface area contributed by atoms with Crippen LogP contribution in [-0.2, 0) is 4.74 Å². The number of nitrogens with zero attached hydrogens (tertiary/aromatic N) is 1. The number of halogens is 2. The minimum absolute atomic E-state index is 0.0233. The highest BCUT2D eigenvalue weighted by Gasteiger charge is 2.34. The maximum absolute atomic E-state index is 12.6. The number of rotatable bonds is 1. The Labute approximate surface area is 132 Å². The number of ether oxygens (including phenoxy) is 1. The molecule has 1 aromatic rings. The highest BCUT2D eigenvalue weighted by atomic mass is 127. The predicted octanol–water partition coefficient (Wildman–Crippen LogP) is 3.58. The van der Waals surface area contributed by atoms with E-state index in [2.05, 4.69) is 22.6 Å². The number of hydrogen-bond acceptors (Lipinski definition) is 2. The highest BCUT2D eigenvalue weighted by Crippen LogP contribution is 2.25. The van der Waals surface area contributed by atoms with E-state index < -0.39 is 0 Å². The van der Waals surface area contributed by atoms with Crippen LogP contribution in [0.4, 0.5) is 0 Å². The zero-order valence-electron chi connectivity index (χ0n) is 11.2. The van der Waals surface area contributed by atoms with E-state index in [4.69, 9.17) is 16.3 Å². The van der Waals surface area contributed by atoms with Gasteiger partial charge < -0.3 is 9.64 Å². The van der Waals surface area contributed by atoms with E-state index in [1.807, 2.05) is 31.7 Å². The molecule has 0 aliphatic carbocycles. The largest absolute Gasteiger partial charge is 0.369 e. The molecule has 1 aliphatic heterocycles. The van der Waals surface area contributed by atoms with Gasteiger partial charge in [-0.05, 0) is 61.6 Å². The van der Waals surface area contributed by atoms with Crippen molar-refractivity contribution in [2.45, 2.75) is 32.5 Å². The van der Waals surface area contributed by atoms with Crippen LogP contribution in [0.25, 0.3) is 0 Å². The van der Waals surface area contributed by atoms with Crippen LogP contribution in [0.1, 0.15) is 31.1 Å². The van der Waals surface area contributed by atoms with Crippen molar-refractivity contribution in [3.63, 3.8) is 0 Å². The Kier molecular flexibility index (Phi) is 4.42. The monoisotopic (exact) mass is 393 g/mol.